The summed E-state index contributed by atoms with van der Waals surface area (Å²) in [5.74, 6) is 0.123. The van der Waals surface area contributed by atoms with Gasteiger partial charge in [-0.2, -0.15) is 0 Å². The number of halogens is 1. The fraction of sp³-hybridized carbons (Fsp3) is 0.611. The maximum atomic E-state index is 11.8. The number of Topliss-reactive ketones (excluding diaryl/α,β-unsaturated/α-hetero) is 1. The summed E-state index contributed by atoms with van der Waals surface area (Å²) < 4.78 is 5.24. The van der Waals surface area contributed by atoms with E-state index < -0.39 is 0 Å². The number of carbonyl (C=O) groups excluding carboxylic acids is 1. The molecule has 0 aromatic heterocycles. The summed E-state index contributed by atoms with van der Waals surface area (Å²) in [5.41, 5.74) is 1.03. The van der Waals surface area contributed by atoms with Crippen LogP contribution in [0.1, 0.15) is 46.1 Å². The van der Waals surface area contributed by atoms with Gasteiger partial charge in [0.15, 0.2) is 0 Å². The van der Waals surface area contributed by atoms with Gasteiger partial charge in [-0.25, -0.2) is 0 Å². The highest BCUT2D eigenvalue weighted by atomic mass is 35.5. The predicted octanol–water partition coefficient (Wildman–Crippen LogP) is 4.40. The zero-order valence-electron chi connectivity index (χ0n) is 14.7. The van der Waals surface area contributed by atoms with E-state index in [4.69, 9.17) is 16.3 Å². The lowest BCUT2D eigenvalue weighted by Crippen LogP contribution is -2.53. The highest BCUT2D eigenvalue weighted by Crippen LogP contribution is 2.23. The first-order valence-electron chi connectivity index (χ1n) is 8.11. The standard InChI is InChI=1S/C14H18ClNO2.2C2H6/c1-10(17)14(9-16-7-13(8-16)18-2)11-3-5-12(15)6-4-11;2*1-2/h3-6,13-14H,7-9H2,1-2H3;2*1-2H3. The number of benzene rings is 1. The van der Waals surface area contributed by atoms with Crippen LogP contribution in [0.25, 0.3) is 0 Å². The smallest absolute Gasteiger partial charge is 0.138 e. The second-order valence-corrected chi connectivity index (χ2v) is 5.23. The molecule has 0 radical (unpaired) electrons. The van der Waals surface area contributed by atoms with E-state index in [-0.39, 0.29) is 11.7 Å². The molecular weight excluding hydrogens is 298 g/mol. The summed E-state index contributed by atoms with van der Waals surface area (Å²) in [5, 5.41) is 0.699. The summed E-state index contributed by atoms with van der Waals surface area (Å²) in [4.78, 5) is 14.0. The molecule has 0 aliphatic carbocycles. The minimum Gasteiger partial charge on any atom is -0.379 e. The van der Waals surface area contributed by atoms with Crippen LogP contribution >= 0.6 is 11.6 Å². The lowest BCUT2D eigenvalue weighted by Gasteiger charge is -2.39. The summed E-state index contributed by atoms with van der Waals surface area (Å²) in [6.45, 7) is 12.2. The highest BCUT2D eigenvalue weighted by molar-refractivity contribution is 6.30. The Bertz CT molecular complexity index is 414. The topological polar surface area (TPSA) is 29.5 Å². The Balaban J connectivity index is 0.00000102. The van der Waals surface area contributed by atoms with Crippen LogP contribution in [0, 0.1) is 0 Å². The molecule has 1 heterocycles. The van der Waals surface area contributed by atoms with Gasteiger partial charge in [-0.1, -0.05) is 51.4 Å². The molecule has 0 bridgehead atoms. The van der Waals surface area contributed by atoms with Gasteiger partial charge in [0.25, 0.3) is 0 Å². The Kier molecular flexibility index (Phi) is 11.2. The van der Waals surface area contributed by atoms with Crippen molar-refractivity contribution >= 4 is 17.4 Å². The third kappa shape index (κ3) is 6.47. The number of ether oxygens (including phenoxy) is 1. The average Bonchev–Trinajstić information content (AvgIpc) is 2.51. The van der Waals surface area contributed by atoms with Gasteiger partial charge < -0.3 is 4.74 Å². The van der Waals surface area contributed by atoms with Gasteiger partial charge in [-0.05, 0) is 24.6 Å². The summed E-state index contributed by atoms with van der Waals surface area (Å²) in [6, 6.07) is 7.53. The Morgan fingerprint density at radius 2 is 1.73 bits per heavy atom. The number of carbonyl (C=O) groups is 1. The fourth-order valence-corrected chi connectivity index (χ4v) is 2.37. The quantitative estimate of drug-likeness (QED) is 0.803. The van der Waals surface area contributed by atoms with Crippen molar-refractivity contribution in [2.45, 2.75) is 46.6 Å². The van der Waals surface area contributed by atoms with Crippen molar-refractivity contribution in [3.05, 3.63) is 34.9 Å². The molecule has 0 saturated carbocycles. The van der Waals surface area contributed by atoms with Crippen molar-refractivity contribution in [3.63, 3.8) is 0 Å². The maximum absolute atomic E-state index is 11.8. The number of nitrogens with zero attached hydrogens (tertiary/aromatic N) is 1. The molecule has 1 saturated heterocycles. The van der Waals surface area contributed by atoms with Crippen LogP contribution in [-0.2, 0) is 9.53 Å². The van der Waals surface area contributed by atoms with Gasteiger partial charge in [0, 0.05) is 31.8 Å². The van der Waals surface area contributed by atoms with Gasteiger partial charge in [-0.3, -0.25) is 9.69 Å². The van der Waals surface area contributed by atoms with Gasteiger partial charge in [-0.15, -0.1) is 0 Å². The zero-order chi connectivity index (χ0) is 17.1. The molecule has 1 aliphatic heterocycles. The Labute approximate surface area is 140 Å². The molecule has 1 aromatic rings. The maximum Gasteiger partial charge on any atom is 0.138 e. The van der Waals surface area contributed by atoms with Crippen molar-refractivity contribution in [2.75, 3.05) is 26.7 Å². The van der Waals surface area contributed by atoms with E-state index in [1.165, 1.54) is 0 Å². The normalized spacial score (nSPS) is 15.6. The van der Waals surface area contributed by atoms with Gasteiger partial charge >= 0.3 is 0 Å². The molecular formula is C18H30ClNO2. The lowest BCUT2D eigenvalue weighted by molar-refractivity contribution is -0.120. The Morgan fingerprint density at radius 3 is 2.14 bits per heavy atom. The first-order valence-corrected chi connectivity index (χ1v) is 8.49. The molecule has 126 valence electrons. The van der Waals surface area contributed by atoms with Crippen LogP contribution in [0.2, 0.25) is 5.02 Å². The number of methoxy groups -OCH3 is 1. The van der Waals surface area contributed by atoms with Crippen molar-refractivity contribution in [1.29, 1.82) is 0 Å². The third-order valence-electron chi connectivity index (χ3n) is 3.46. The highest BCUT2D eigenvalue weighted by Gasteiger charge is 2.30. The van der Waals surface area contributed by atoms with E-state index in [9.17, 15) is 4.79 Å². The zero-order valence-corrected chi connectivity index (χ0v) is 15.5. The molecule has 0 amide bonds. The van der Waals surface area contributed by atoms with Crippen molar-refractivity contribution in [1.82, 2.24) is 4.90 Å². The minimum absolute atomic E-state index is 0.0694. The van der Waals surface area contributed by atoms with Crippen LogP contribution in [0.4, 0.5) is 0 Å². The predicted molar refractivity (Wildman–Crippen MR) is 94.8 cm³/mol. The molecule has 0 spiro atoms. The number of hydrogen-bond donors (Lipinski definition) is 0. The molecule has 1 unspecified atom stereocenters. The van der Waals surface area contributed by atoms with Crippen LogP contribution in [0.5, 0.6) is 0 Å². The van der Waals surface area contributed by atoms with Crippen LogP contribution in [-0.4, -0.2) is 43.5 Å². The molecule has 0 N–H and O–H groups in total. The van der Waals surface area contributed by atoms with E-state index in [0.29, 0.717) is 11.1 Å². The Hall–Kier alpha value is -0.900. The van der Waals surface area contributed by atoms with E-state index in [0.717, 1.165) is 25.2 Å². The number of rotatable bonds is 5. The fourth-order valence-electron chi connectivity index (χ4n) is 2.24. The van der Waals surface area contributed by atoms with Gasteiger partial charge in [0.2, 0.25) is 0 Å². The molecule has 2 rings (SSSR count). The summed E-state index contributed by atoms with van der Waals surface area (Å²) >= 11 is 5.87. The van der Waals surface area contributed by atoms with Crippen LogP contribution in [0.3, 0.4) is 0 Å². The molecule has 4 heteroatoms. The number of hydrogen-bond acceptors (Lipinski definition) is 3. The third-order valence-corrected chi connectivity index (χ3v) is 3.71. The Morgan fingerprint density at radius 1 is 1.23 bits per heavy atom. The second-order valence-electron chi connectivity index (χ2n) is 4.79. The van der Waals surface area contributed by atoms with E-state index >= 15 is 0 Å². The van der Waals surface area contributed by atoms with E-state index in [2.05, 4.69) is 4.90 Å². The average molecular weight is 328 g/mol. The molecule has 3 nitrogen and oxygen atoms in total. The summed E-state index contributed by atoms with van der Waals surface area (Å²) in [6.07, 6.45) is 0.322. The van der Waals surface area contributed by atoms with Gasteiger partial charge in [0.1, 0.15) is 5.78 Å². The van der Waals surface area contributed by atoms with Crippen LogP contribution < -0.4 is 0 Å². The molecule has 22 heavy (non-hydrogen) atoms. The SMILES string of the molecule is CC.CC.COC1CN(CC(C(C)=O)c2ccc(Cl)cc2)C1. The summed E-state index contributed by atoms with van der Waals surface area (Å²) in [7, 11) is 1.73. The van der Waals surface area contributed by atoms with Crippen molar-refractivity contribution in [2.24, 2.45) is 0 Å². The second kappa shape index (κ2) is 11.6. The van der Waals surface area contributed by atoms with Gasteiger partial charge in [0.05, 0.1) is 12.0 Å². The lowest BCUT2D eigenvalue weighted by atomic mass is 9.93. The molecule has 1 aliphatic rings. The van der Waals surface area contributed by atoms with Crippen molar-refractivity contribution in [3.8, 4) is 0 Å². The monoisotopic (exact) mass is 327 g/mol. The molecule has 1 aromatic carbocycles. The largest absolute Gasteiger partial charge is 0.379 e. The first kappa shape index (κ1) is 21.1. The van der Waals surface area contributed by atoms with Crippen LogP contribution in [0.15, 0.2) is 24.3 Å². The molecule has 1 atom stereocenters. The minimum atomic E-state index is -0.0694. The van der Waals surface area contributed by atoms with Crippen molar-refractivity contribution < 1.29 is 9.53 Å². The van der Waals surface area contributed by atoms with E-state index in [1.54, 1.807) is 14.0 Å². The molecule has 1 fully saturated rings. The van der Waals surface area contributed by atoms with E-state index in [1.807, 2.05) is 52.0 Å². The first-order chi connectivity index (χ1) is 10.6. The number of ketones is 1. The number of likely N-dealkylation sites (tertiary alicyclic amines) is 1.